The fraction of sp³-hybridized carbons (Fsp3) is 0.182. The average molecular weight is 422 g/mol. The maximum Gasteiger partial charge on any atom is 0.232 e. The summed E-state index contributed by atoms with van der Waals surface area (Å²) in [5, 5.41) is 4.32. The topological polar surface area (TPSA) is 99.8 Å². The van der Waals surface area contributed by atoms with Gasteiger partial charge in [-0.25, -0.2) is 18.4 Å². The summed E-state index contributed by atoms with van der Waals surface area (Å²) in [7, 11) is -3.34. The van der Waals surface area contributed by atoms with Crippen molar-refractivity contribution in [1.82, 2.24) is 15.0 Å². The van der Waals surface area contributed by atoms with Crippen LogP contribution in [0, 0.1) is 0 Å². The van der Waals surface area contributed by atoms with Crippen LogP contribution in [0.5, 0.6) is 0 Å². The molecule has 0 radical (unpaired) electrons. The molecule has 0 aliphatic carbocycles. The van der Waals surface area contributed by atoms with Gasteiger partial charge in [0.25, 0.3) is 0 Å². The van der Waals surface area contributed by atoms with Crippen LogP contribution in [0.2, 0.25) is 0 Å². The van der Waals surface area contributed by atoms with Gasteiger partial charge in [0.05, 0.1) is 11.1 Å². The van der Waals surface area contributed by atoms with Crippen molar-refractivity contribution in [3.63, 3.8) is 0 Å². The highest BCUT2D eigenvalue weighted by Gasteiger charge is 2.13. The predicted molar refractivity (Wildman–Crippen MR) is 121 cm³/mol. The summed E-state index contributed by atoms with van der Waals surface area (Å²) < 4.78 is 26.3. The smallest absolute Gasteiger partial charge is 0.232 e. The number of anilines is 2. The van der Waals surface area contributed by atoms with Crippen molar-refractivity contribution in [1.29, 1.82) is 0 Å². The van der Waals surface area contributed by atoms with E-state index >= 15 is 0 Å². The first-order valence-corrected chi connectivity index (χ1v) is 11.4. The van der Waals surface area contributed by atoms with Crippen LogP contribution in [-0.2, 0) is 10.0 Å². The Morgan fingerprint density at radius 1 is 1.03 bits per heavy atom. The van der Waals surface area contributed by atoms with Gasteiger partial charge in [0.1, 0.15) is 17.8 Å². The molecular weight excluding hydrogens is 398 g/mol. The SMILES string of the molecule is CCS(=O)(=O)Nc1cccc(-c2cc3c(NC(C)c4ccccc4)ncnc3[nH]2)c1. The second-order valence-corrected chi connectivity index (χ2v) is 9.04. The maximum absolute atomic E-state index is 11.9. The Morgan fingerprint density at radius 2 is 1.83 bits per heavy atom. The summed E-state index contributed by atoms with van der Waals surface area (Å²) in [5.74, 6) is 0.759. The Balaban J connectivity index is 1.65. The minimum atomic E-state index is -3.34. The van der Waals surface area contributed by atoms with Crippen LogP contribution in [0.1, 0.15) is 25.5 Å². The summed E-state index contributed by atoms with van der Waals surface area (Å²) in [6.45, 7) is 3.69. The first-order chi connectivity index (χ1) is 14.4. The van der Waals surface area contributed by atoms with Crippen molar-refractivity contribution in [3.05, 3.63) is 72.6 Å². The Labute approximate surface area is 175 Å². The van der Waals surface area contributed by atoms with Crippen molar-refractivity contribution >= 4 is 32.6 Å². The highest BCUT2D eigenvalue weighted by molar-refractivity contribution is 7.92. The molecule has 0 aliphatic rings. The maximum atomic E-state index is 11.9. The Kier molecular flexibility index (Phi) is 5.41. The van der Waals surface area contributed by atoms with E-state index in [1.54, 1.807) is 19.1 Å². The average Bonchev–Trinajstić information content (AvgIpc) is 3.20. The predicted octanol–water partition coefficient (Wildman–Crippen LogP) is 4.56. The number of hydrogen-bond acceptors (Lipinski definition) is 5. The molecule has 4 aromatic rings. The number of nitrogens with one attached hydrogen (secondary N) is 3. The van der Waals surface area contributed by atoms with E-state index in [-0.39, 0.29) is 11.8 Å². The number of benzene rings is 2. The summed E-state index contributed by atoms with van der Waals surface area (Å²) in [6, 6.07) is 19.5. The molecule has 0 spiro atoms. The van der Waals surface area contributed by atoms with Gasteiger partial charge >= 0.3 is 0 Å². The largest absolute Gasteiger partial charge is 0.363 e. The Hall–Kier alpha value is -3.39. The van der Waals surface area contributed by atoms with Crippen molar-refractivity contribution < 1.29 is 8.42 Å². The highest BCUT2D eigenvalue weighted by atomic mass is 32.2. The van der Waals surface area contributed by atoms with E-state index in [9.17, 15) is 8.42 Å². The van der Waals surface area contributed by atoms with E-state index in [0.717, 1.165) is 28.0 Å². The van der Waals surface area contributed by atoms with Gasteiger partial charge in [-0.2, -0.15) is 0 Å². The van der Waals surface area contributed by atoms with Gasteiger partial charge in [0, 0.05) is 23.0 Å². The van der Waals surface area contributed by atoms with E-state index in [1.165, 1.54) is 6.33 Å². The first kappa shape index (κ1) is 19.9. The van der Waals surface area contributed by atoms with E-state index < -0.39 is 10.0 Å². The summed E-state index contributed by atoms with van der Waals surface area (Å²) >= 11 is 0. The molecule has 0 saturated heterocycles. The summed E-state index contributed by atoms with van der Waals surface area (Å²) in [5.41, 5.74) is 4.08. The lowest BCUT2D eigenvalue weighted by Gasteiger charge is -2.15. The zero-order valence-corrected chi connectivity index (χ0v) is 17.6. The number of rotatable bonds is 7. The molecule has 8 heteroatoms. The molecule has 2 aromatic heterocycles. The van der Waals surface area contributed by atoms with Crippen LogP contribution >= 0.6 is 0 Å². The second-order valence-electron chi connectivity index (χ2n) is 7.03. The van der Waals surface area contributed by atoms with Crippen LogP contribution in [0.15, 0.2) is 67.0 Å². The second kappa shape index (κ2) is 8.16. The van der Waals surface area contributed by atoms with Gasteiger partial charge in [0.2, 0.25) is 10.0 Å². The standard InChI is InChI=1S/C22H23N5O2S/c1-3-30(28,29)27-18-11-7-10-17(12-18)20-13-19-21(23-14-24-22(19)26-20)25-15(2)16-8-5-4-6-9-16/h4-15,27H,3H2,1-2H3,(H2,23,24,25,26). The molecule has 0 bridgehead atoms. The third-order valence-corrected chi connectivity index (χ3v) is 6.21. The van der Waals surface area contributed by atoms with E-state index in [4.69, 9.17) is 0 Å². The van der Waals surface area contributed by atoms with Crippen LogP contribution in [-0.4, -0.2) is 29.1 Å². The molecule has 0 aliphatic heterocycles. The molecule has 154 valence electrons. The van der Waals surface area contributed by atoms with Gasteiger partial charge in [-0.05, 0) is 37.6 Å². The van der Waals surface area contributed by atoms with Crippen molar-refractivity contribution in [2.24, 2.45) is 0 Å². The molecule has 4 rings (SSSR count). The molecule has 7 nitrogen and oxygen atoms in total. The monoisotopic (exact) mass is 421 g/mol. The minimum absolute atomic E-state index is 0.0217. The zero-order valence-electron chi connectivity index (χ0n) is 16.8. The molecule has 0 saturated carbocycles. The molecule has 30 heavy (non-hydrogen) atoms. The minimum Gasteiger partial charge on any atom is -0.363 e. The van der Waals surface area contributed by atoms with Gasteiger partial charge in [-0.3, -0.25) is 4.72 Å². The Morgan fingerprint density at radius 3 is 2.60 bits per heavy atom. The molecule has 2 aromatic carbocycles. The van der Waals surface area contributed by atoms with Crippen LogP contribution in [0.3, 0.4) is 0 Å². The molecule has 1 unspecified atom stereocenters. The molecule has 0 amide bonds. The van der Waals surface area contributed by atoms with Crippen molar-refractivity contribution in [2.45, 2.75) is 19.9 Å². The number of hydrogen-bond donors (Lipinski definition) is 3. The lowest BCUT2D eigenvalue weighted by molar-refractivity contribution is 0.602. The van der Waals surface area contributed by atoms with Gasteiger partial charge in [-0.15, -0.1) is 0 Å². The quantitative estimate of drug-likeness (QED) is 0.406. The van der Waals surface area contributed by atoms with Crippen molar-refractivity contribution in [3.8, 4) is 11.3 Å². The normalized spacial score (nSPS) is 12.6. The number of nitrogens with zero attached hydrogens (tertiary/aromatic N) is 2. The number of sulfonamides is 1. The molecule has 0 fully saturated rings. The number of fused-ring (bicyclic) bond motifs is 1. The fourth-order valence-electron chi connectivity index (χ4n) is 3.24. The number of aromatic nitrogens is 3. The first-order valence-electron chi connectivity index (χ1n) is 9.71. The molecule has 3 N–H and O–H groups in total. The lowest BCUT2D eigenvalue weighted by atomic mass is 10.1. The van der Waals surface area contributed by atoms with Gasteiger partial charge < -0.3 is 10.3 Å². The van der Waals surface area contributed by atoms with E-state index in [2.05, 4.69) is 44.0 Å². The van der Waals surface area contributed by atoms with Gasteiger partial charge in [0.15, 0.2) is 0 Å². The number of H-pyrrole nitrogens is 1. The van der Waals surface area contributed by atoms with Gasteiger partial charge in [-0.1, -0.05) is 42.5 Å². The highest BCUT2D eigenvalue weighted by Crippen LogP contribution is 2.30. The summed E-state index contributed by atoms with van der Waals surface area (Å²) in [6.07, 6.45) is 1.52. The van der Waals surface area contributed by atoms with Crippen molar-refractivity contribution in [2.75, 3.05) is 15.8 Å². The number of aromatic amines is 1. The van der Waals surface area contributed by atoms with E-state index in [0.29, 0.717) is 11.3 Å². The third kappa shape index (κ3) is 4.28. The Bertz CT molecular complexity index is 1270. The van der Waals surface area contributed by atoms with Crippen LogP contribution in [0.25, 0.3) is 22.3 Å². The summed E-state index contributed by atoms with van der Waals surface area (Å²) in [4.78, 5) is 12.1. The molecule has 1 atom stereocenters. The zero-order chi connectivity index (χ0) is 21.1. The molecule has 2 heterocycles. The van der Waals surface area contributed by atoms with E-state index in [1.807, 2.05) is 36.4 Å². The third-order valence-electron chi connectivity index (χ3n) is 4.91. The van der Waals surface area contributed by atoms with Crippen LogP contribution in [0.4, 0.5) is 11.5 Å². The van der Waals surface area contributed by atoms with Crippen LogP contribution < -0.4 is 10.0 Å². The lowest BCUT2D eigenvalue weighted by Crippen LogP contribution is -2.14. The fourth-order valence-corrected chi connectivity index (χ4v) is 3.87. The molecular formula is C22H23N5O2S.